The average molecular weight is 538 g/mol. The summed E-state index contributed by atoms with van der Waals surface area (Å²) in [7, 11) is 0. The van der Waals surface area contributed by atoms with Gasteiger partial charge in [0.2, 0.25) is 5.91 Å². The van der Waals surface area contributed by atoms with Crippen LogP contribution in [0.4, 0.5) is 13.2 Å². The molecular formula is C26H22F3N7O3. The number of halogens is 3. The van der Waals surface area contributed by atoms with Crippen LogP contribution in [-0.2, 0) is 30.6 Å². The predicted octanol–water partition coefficient (Wildman–Crippen LogP) is 2.58. The highest BCUT2D eigenvalue weighted by molar-refractivity contribution is 5.77. The van der Waals surface area contributed by atoms with Gasteiger partial charge in [0.15, 0.2) is 5.65 Å². The summed E-state index contributed by atoms with van der Waals surface area (Å²) in [5.74, 6) is -0.275. The summed E-state index contributed by atoms with van der Waals surface area (Å²) in [4.78, 5) is 46.2. The van der Waals surface area contributed by atoms with Crippen LogP contribution in [0.2, 0.25) is 0 Å². The molecule has 1 amide bonds. The van der Waals surface area contributed by atoms with Crippen molar-refractivity contribution in [2.75, 3.05) is 6.54 Å². The Hall–Kier alpha value is -4.81. The lowest BCUT2D eigenvalue weighted by atomic mass is 10.1. The Kier molecular flexibility index (Phi) is 6.96. The van der Waals surface area contributed by atoms with E-state index in [-0.39, 0.29) is 49.5 Å². The van der Waals surface area contributed by atoms with Crippen molar-refractivity contribution in [2.24, 2.45) is 0 Å². The van der Waals surface area contributed by atoms with Crippen LogP contribution in [0.25, 0.3) is 21.9 Å². The van der Waals surface area contributed by atoms with Gasteiger partial charge in [0, 0.05) is 19.5 Å². The second-order valence-corrected chi connectivity index (χ2v) is 8.84. The SMILES string of the molecule is O=C(CCn1cnc2ccccc2c1=O)NCCn1ncc2c(=O)n(Cc3cccc(C(F)(F)F)c3)cnc21. The molecule has 0 saturated carbocycles. The van der Waals surface area contributed by atoms with Crippen LogP contribution in [0.15, 0.2) is 77.0 Å². The number of nitrogens with zero attached hydrogens (tertiary/aromatic N) is 6. The van der Waals surface area contributed by atoms with E-state index in [9.17, 15) is 27.6 Å². The topological polar surface area (TPSA) is 117 Å². The first-order chi connectivity index (χ1) is 18.7. The number of aromatic nitrogens is 6. The minimum Gasteiger partial charge on any atom is -0.354 e. The van der Waals surface area contributed by atoms with Gasteiger partial charge in [-0.25, -0.2) is 14.6 Å². The van der Waals surface area contributed by atoms with Crippen LogP contribution in [0.1, 0.15) is 17.5 Å². The first-order valence-corrected chi connectivity index (χ1v) is 12.0. The molecule has 0 spiro atoms. The number of amides is 1. The number of carbonyl (C=O) groups excluding carboxylic acids is 1. The van der Waals surface area contributed by atoms with Gasteiger partial charge in [-0.05, 0) is 29.8 Å². The molecule has 0 atom stereocenters. The van der Waals surface area contributed by atoms with Crippen LogP contribution >= 0.6 is 0 Å². The summed E-state index contributed by atoms with van der Waals surface area (Å²) in [6, 6.07) is 11.7. The minimum atomic E-state index is -4.48. The molecule has 0 bridgehead atoms. The minimum absolute atomic E-state index is 0.0677. The highest BCUT2D eigenvalue weighted by Gasteiger charge is 2.30. The molecule has 1 N–H and O–H groups in total. The van der Waals surface area contributed by atoms with Gasteiger partial charge in [0.05, 0.1) is 42.1 Å². The normalized spacial score (nSPS) is 11.8. The largest absolute Gasteiger partial charge is 0.416 e. The zero-order valence-electron chi connectivity index (χ0n) is 20.4. The van der Waals surface area contributed by atoms with Crippen LogP contribution in [0, 0.1) is 0 Å². The third-order valence-electron chi connectivity index (χ3n) is 6.19. The summed E-state index contributed by atoms with van der Waals surface area (Å²) < 4.78 is 43.1. The summed E-state index contributed by atoms with van der Waals surface area (Å²) >= 11 is 0. The van der Waals surface area contributed by atoms with Gasteiger partial charge in [-0.2, -0.15) is 18.3 Å². The van der Waals surface area contributed by atoms with Crippen LogP contribution in [-0.4, -0.2) is 41.3 Å². The zero-order valence-corrected chi connectivity index (χ0v) is 20.4. The van der Waals surface area contributed by atoms with E-state index in [2.05, 4.69) is 20.4 Å². The van der Waals surface area contributed by atoms with Gasteiger partial charge < -0.3 is 5.32 Å². The first kappa shape index (κ1) is 25.8. The van der Waals surface area contributed by atoms with Crippen LogP contribution in [0.3, 0.4) is 0 Å². The molecule has 0 radical (unpaired) electrons. The highest BCUT2D eigenvalue weighted by Crippen LogP contribution is 2.29. The van der Waals surface area contributed by atoms with Gasteiger partial charge in [-0.1, -0.05) is 24.3 Å². The summed E-state index contributed by atoms with van der Waals surface area (Å²) in [5, 5.41) is 7.61. The number of rotatable bonds is 8. The average Bonchev–Trinajstić information content (AvgIpc) is 3.33. The summed E-state index contributed by atoms with van der Waals surface area (Å²) in [6.07, 6.45) is -0.395. The number of fused-ring (bicyclic) bond motifs is 2. The van der Waals surface area contributed by atoms with E-state index in [1.54, 1.807) is 24.3 Å². The van der Waals surface area contributed by atoms with Crippen molar-refractivity contribution in [3.8, 4) is 0 Å². The molecule has 0 aliphatic carbocycles. The maximum atomic E-state index is 13.0. The molecule has 3 aromatic heterocycles. The quantitative estimate of drug-likeness (QED) is 0.325. The van der Waals surface area contributed by atoms with E-state index in [1.807, 2.05) is 0 Å². The fraction of sp³-hybridized carbons (Fsp3) is 0.231. The molecule has 10 nitrogen and oxygen atoms in total. The van der Waals surface area contributed by atoms with Crippen LogP contribution in [0.5, 0.6) is 0 Å². The van der Waals surface area contributed by atoms with E-state index in [0.29, 0.717) is 22.1 Å². The molecule has 3 heterocycles. The molecule has 39 heavy (non-hydrogen) atoms. The van der Waals surface area contributed by atoms with Gasteiger partial charge in [-0.3, -0.25) is 23.5 Å². The van der Waals surface area contributed by atoms with E-state index >= 15 is 0 Å². The van der Waals surface area contributed by atoms with Gasteiger partial charge in [0.1, 0.15) is 11.7 Å². The molecule has 200 valence electrons. The van der Waals surface area contributed by atoms with E-state index in [0.717, 1.165) is 12.1 Å². The fourth-order valence-electron chi connectivity index (χ4n) is 4.19. The molecule has 0 unspecified atom stereocenters. The molecule has 0 aliphatic heterocycles. The number of hydrogen-bond donors (Lipinski definition) is 1. The second kappa shape index (κ2) is 10.5. The number of hydrogen-bond acceptors (Lipinski definition) is 6. The first-order valence-electron chi connectivity index (χ1n) is 12.0. The van der Waals surface area contributed by atoms with E-state index in [4.69, 9.17) is 0 Å². The zero-order chi connectivity index (χ0) is 27.6. The van der Waals surface area contributed by atoms with Crippen molar-refractivity contribution in [3.05, 3.63) is 99.2 Å². The predicted molar refractivity (Wildman–Crippen MR) is 136 cm³/mol. The Balaban J connectivity index is 1.19. The Bertz CT molecular complexity index is 1790. The fourth-order valence-corrected chi connectivity index (χ4v) is 4.19. The van der Waals surface area contributed by atoms with E-state index < -0.39 is 17.3 Å². The smallest absolute Gasteiger partial charge is 0.354 e. The molecule has 5 rings (SSSR count). The second-order valence-electron chi connectivity index (χ2n) is 8.84. The van der Waals surface area contributed by atoms with Gasteiger partial charge in [-0.15, -0.1) is 0 Å². The molecule has 0 fully saturated rings. The Labute approximate surface area is 218 Å². The number of alkyl halides is 3. The number of aryl methyl sites for hydroxylation is 1. The van der Waals surface area contributed by atoms with Crippen molar-refractivity contribution in [3.63, 3.8) is 0 Å². The molecule has 13 heteroatoms. The third kappa shape index (κ3) is 5.56. The standard InChI is InChI=1S/C26H22F3N7O3/c27-26(28,29)18-5-3-4-17(12-18)14-35-16-32-23-20(25(35)39)13-33-36(23)11-9-30-22(37)8-10-34-15-31-21-7-2-1-6-19(21)24(34)38/h1-7,12-13,15-16H,8-11,14H2,(H,30,37). The maximum Gasteiger partial charge on any atom is 0.416 e. The lowest BCUT2D eigenvalue weighted by molar-refractivity contribution is -0.137. The number of benzene rings is 2. The Morgan fingerprint density at radius 2 is 1.67 bits per heavy atom. The van der Waals surface area contributed by atoms with Crippen molar-refractivity contribution < 1.29 is 18.0 Å². The molecule has 0 saturated heterocycles. The molecule has 2 aromatic carbocycles. The molecular weight excluding hydrogens is 515 g/mol. The maximum absolute atomic E-state index is 13.0. The molecule has 0 aliphatic rings. The van der Waals surface area contributed by atoms with Crippen molar-refractivity contribution in [2.45, 2.75) is 32.2 Å². The molecule has 5 aromatic rings. The number of carbonyl (C=O) groups is 1. The van der Waals surface area contributed by atoms with Gasteiger partial charge in [0.25, 0.3) is 11.1 Å². The highest BCUT2D eigenvalue weighted by atomic mass is 19.4. The van der Waals surface area contributed by atoms with Crippen molar-refractivity contribution in [1.29, 1.82) is 0 Å². The van der Waals surface area contributed by atoms with Gasteiger partial charge >= 0.3 is 6.18 Å². The summed E-state index contributed by atoms with van der Waals surface area (Å²) in [6.45, 7) is 0.523. The van der Waals surface area contributed by atoms with Crippen molar-refractivity contribution >= 4 is 27.8 Å². The third-order valence-corrected chi connectivity index (χ3v) is 6.19. The monoisotopic (exact) mass is 537 g/mol. The number of nitrogens with one attached hydrogen (secondary N) is 1. The number of para-hydroxylation sites is 1. The Morgan fingerprint density at radius 1 is 0.897 bits per heavy atom. The van der Waals surface area contributed by atoms with E-state index in [1.165, 1.54) is 44.8 Å². The summed E-state index contributed by atoms with van der Waals surface area (Å²) in [5.41, 5.74) is -0.264. The van der Waals surface area contributed by atoms with Crippen LogP contribution < -0.4 is 16.4 Å². The lowest BCUT2D eigenvalue weighted by Gasteiger charge is -2.10. The lowest BCUT2D eigenvalue weighted by Crippen LogP contribution is -2.30. The Morgan fingerprint density at radius 3 is 2.49 bits per heavy atom. The van der Waals surface area contributed by atoms with Crippen molar-refractivity contribution in [1.82, 2.24) is 34.2 Å².